The van der Waals surface area contributed by atoms with Crippen LogP contribution in [0.1, 0.15) is 10.4 Å². The van der Waals surface area contributed by atoms with E-state index in [0.29, 0.717) is 16.4 Å². The number of amides is 1. The Morgan fingerprint density at radius 2 is 1.82 bits per heavy atom. The minimum atomic E-state index is -3.27. The van der Waals surface area contributed by atoms with Gasteiger partial charge in [0.1, 0.15) is 5.82 Å². The Kier molecular flexibility index (Phi) is 5.71. The van der Waals surface area contributed by atoms with Gasteiger partial charge in [-0.25, -0.2) is 17.8 Å². The highest BCUT2D eigenvalue weighted by molar-refractivity contribution is 7.90. The van der Waals surface area contributed by atoms with Crippen LogP contribution < -0.4 is 4.90 Å². The molecule has 144 valence electrons. The van der Waals surface area contributed by atoms with Crippen molar-refractivity contribution in [2.75, 3.05) is 17.7 Å². The summed E-state index contributed by atoms with van der Waals surface area (Å²) >= 11 is 1.28. The summed E-state index contributed by atoms with van der Waals surface area (Å²) in [7, 11) is -3.27. The molecule has 1 amide bonds. The lowest BCUT2D eigenvalue weighted by atomic mass is 10.2. The Hall–Kier alpha value is -2.84. The van der Waals surface area contributed by atoms with Crippen LogP contribution in [0.15, 0.2) is 71.5 Å². The summed E-state index contributed by atoms with van der Waals surface area (Å²) in [5.41, 5.74) is 1.71. The molecule has 3 rings (SSSR count). The van der Waals surface area contributed by atoms with Crippen molar-refractivity contribution < 1.29 is 17.6 Å². The van der Waals surface area contributed by atoms with Crippen LogP contribution in [0.5, 0.6) is 0 Å². The lowest BCUT2D eigenvalue weighted by Gasteiger charge is -2.18. The first-order valence-electron chi connectivity index (χ1n) is 8.24. The molecule has 0 aliphatic heterocycles. The van der Waals surface area contributed by atoms with Gasteiger partial charge in [-0.3, -0.25) is 9.69 Å². The Labute approximate surface area is 166 Å². The number of anilines is 1. The molecule has 1 heterocycles. The van der Waals surface area contributed by atoms with Crippen molar-refractivity contribution in [1.29, 1.82) is 0 Å². The molecule has 1 aromatic heterocycles. The van der Waals surface area contributed by atoms with Crippen LogP contribution in [0.25, 0.3) is 11.3 Å². The summed E-state index contributed by atoms with van der Waals surface area (Å²) in [6.07, 6.45) is 2.74. The number of halogens is 1. The number of carbonyl (C=O) groups is 1. The summed E-state index contributed by atoms with van der Waals surface area (Å²) in [5, 5.41) is 2.26. The number of hydrogen-bond acceptors (Lipinski definition) is 5. The molecule has 8 heteroatoms. The minimum absolute atomic E-state index is 0.228. The summed E-state index contributed by atoms with van der Waals surface area (Å²) in [6, 6.07) is 11.7. The molecule has 5 nitrogen and oxygen atoms in total. The average molecular weight is 416 g/mol. The molecular weight excluding hydrogens is 399 g/mol. The second kappa shape index (κ2) is 8.04. The van der Waals surface area contributed by atoms with Crippen LogP contribution in [0, 0.1) is 5.82 Å². The van der Waals surface area contributed by atoms with Gasteiger partial charge in [-0.05, 0) is 36.4 Å². The molecule has 0 bridgehead atoms. The number of sulfone groups is 1. The largest absolute Gasteiger partial charge is 0.280 e. The van der Waals surface area contributed by atoms with Crippen molar-refractivity contribution >= 4 is 32.2 Å². The number of benzene rings is 2. The highest BCUT2D eigenvalue weighted by atomic mass is 32.2. The van der Waals surface area contributed by atoms with E-state index in [1.165, 1.54) is 52.6 Å². The SMILES string of the molecule is C=CCN(C(=O)c1ccc(F)cc1)c1nc(-c2ccc(S(C)(=O)=O)cc2)cs1. The summed E-state index contributed by atoms with van der Waals surface area (Å²) in [4.78, 5) is 19.0. The van der Waals surface area contributed by atoms with Gasteiger partial charge in [-0.1, -0.05) is 18.2 Å². The fourth-order valence-electron chi connectivity index (χ4n) is 2.52. The van der Waals surface area contributed by atoms with Crippen LogP contribution >= 0.6 is 11.3 Å². The van der Waals surface area contributed by atoms with Crippen LogP contribution in [-0.4, -0.2) is 32.1 Å². The van der Waals surface area contributed by atoms with Crippen molar-refractivity contribution in [2.45, 2.75) is 4.90 Å². The third-order valence-electron chi connectivity index (χ3n) is 3.95. The first-order valence-corrected chi connectivity index (χ1v) is 11.0. The fraction of sp³-hybridized carbons (Fsp3) is 0.100. The van der Waals surface area contributed by atoms with Crippen molar-refractivity contribution in [2.24, 2.45) is 0 Å². The Morgan fingerprint density at radius 1 is 1.18 bits per heavy atom. The van der Waals surface area contributed by atoms with Crippen LogP contribution in [0.2, 0.25) is 0 Å². The molecule has 0 N–H and O–H groups in total. The Morgan fingerprint density at radius 3 is 2.39 bits per heavy atom. The van der Waals surface area contributed by atoms with E-state index in [1.807, 2.05) is 0 Å². The smallest absolute Gasteiger partial charge is 0.260 e. The number of thiazole rings is 1. The molecular formula is C20H17FN2O3S2. The van der Waals surface area contributed by atoms with Crippen LogP contribution in [-0.2, 0) is 9.84 Å². The van der Waals surface area contributed by atoms with E-state index in [4.69, 9.17) is 0 Å². The zero-order valence-corrected chi connectivity index (χ0v) is 16.6. The number of aromatic nitrogens is 1. The van der Waals surface area contributed by atoms with Crippen molar-refractivity contribution in [3.8, 4) is 11.3 Å². The van der Waals surface area contributed by atoms with E-state index < -0.39 is 15.7 Å². The predicted molar refractivity (Wildman–Crippen MR) is 109 cm³/mol. The molecule has 3 aromatic rings. The monoisotopic (exact) mass is 416 g/mol. The predicted octanol–water partition coefficient (Wildman–Crippen LogP) is 4.19. The molecule has 28 heavy (non-hydrogen) atoms. The molecule has 2 aromatic carbocycles. The van der Waals surface area contributed by atoms with Gasteiger partial charge >= 0.3 is 0 Å². The minimum Gasteiger partial charge on any atom is -0.280 e. The Balaban J connectivity index is 1.90. The molecule has 0 atom stereocenters. The van der Waals surface area contributed by atoms with E-state index in [9.17, 15) is 17.6 Å². The molecule has 0 saturated carbocycles. The van der Waals surface area contributed by atoms with Gasteiger partial charge in [0, 0.05) is 29.3 Å². The fourth-order valence-corrected chi connectivity index (χ4v) is 3.99. The molecule has 0 fully saturated rings. The van der Waals surface area contributed by atoms with Gasteiger partial charge in [0.05, 0.1) is 10.6 Å². The number of carbonyl (C=O) groups excluding carboxylic acids is 1. The van der Waals surface area contributed by atoms with Crippen LogP contribution in [0.4, 0.5) is 9.52 Å². The topological polar surface area (TPSA) is 67.3 Å². The zero-order chi connectivity index (χ0) is 20.3. The second-order valence-corrected chi connectivity index (χ2v) is 8.88. The molecule has 0 saturated heterocycles. The number of hydrogen-bond donors (Lipinski definition) is 0. The normalized spacial score (nSPS) is 11.2. The van der Waals surface area contributed by atoms with Gasteiger partial charge < -0.3 is 0 Å². The van der Waals surface area contributed by atoms with Gasteiger partial charge in [-0.15, -0.1) is 17.9 Å². The highest BCUT2D eigenvalue weighted by Gasteiger charge is 2.20. The lowest BCUT2D eigenvalue weighted by molar-refractivity contribution is 0.0989. The molecule has 0 unspecified atom stereocenters. The molecule has 0 aliphatic carbocycles. The number of rotatable bonds is 6. The zero-order valence-electron chi connectivity index (χ0n) is 15.0. The maximum atomic E-state index is 13.1. The summed E-state index contributed by atoms with van der Waals surface area (Å²) in [5.74, 6) is -0.728. The van der Waals surface area contributed by atoms with E-state index in [2.05, 4.69) is 11.6 Å². The van der Waals surface area contributed by atoms with Crippen molar-refractivity contribution in [3.63, 3.8) is 0 Å². The van der Waals surface area contributed by atoms with Crippen LogP contribution in [0.3, 0.4) is 0 Å². The van der Waals surface area contributed by atoms with Gasteiger partial charge in [-0.2, -0.15) is 0 Å². The molecule has 0 aliphatic rings. The van der Waals surface area contributed by atoms with E-state index in [1.54, 1.807) is 23.6 Å². The van der Waals surface area contributed by atoms with E-state index in [-0.39, 0.29) is 17.3 Å². The Bertz CT molecular complexity index is 1110. The van der Waals surface area contributed by atoms with Gasteiger partial charge in [0.2, 0.25) is 0 Å². The first kappa shape index (κ1) is 19.9. The maximum absolute atomic E-state index is 13.1. The van der Waals surface area contributed by atoms with Gasteiger partial charge in [0.15, 0.2) is 15.0 Å². The van der Waals surface area contributed by atoms with E-state index >= 15 is 0 Å². The number of nitrogens with zero attached hydrogens (tertiary/aromatic N) is 2. The van der Waals surface area contributed by atoms with Crippen molar-refractivity contribution in [1.82, 2.24) is 4.98 Å². The quantitative estimate of drug-likeness (QED) is 0.565. The molecule has 0 radical (unpaired) electrons. The average Bonchev–Trinajstić information content (AvgIpc) is 3.15. The second-order valence-electron chi connectivity index (χ2n) is 6.02. The van der Waals surface area contributed by atoms with Gasteiger partial charge in [0.25, 0.3) is 5.91 Å². The summed E-state index contributed by atoms with van der Waals surface area (Å²) in [6.45, 7) is 3.93. The standard InChI is InChI=1S/C20H17FN2O3S2/c1-3-12-23(19(24)15-4-8-16(21)9-5-15)20-22-18(13-27-20)14-6-10-17(11-7-14)28(2,25)26/h3-11,13H,1,12H2,2H3. The molecule has 0 spiro atoms. The third kappa shape index (κ3) is 4.35. The highest BCUT2D eigenvalue weighted by Crippen LogP contribution is 2.29. The lowest BCUT2D eigenvalue weighted by Crippen LogP contribution is -2.30. The summed E-state index contributed by atoms with van der Waals surface area (Å²) < 4.78 is 36.3. The maximum Gasteiger partial charge on any atom is 0.260 e. The third-order valence-corrected chi connectivity index (χ3v) is 5.94. The van der Waals surface area contributed by atoms with Crippen molar-refractivity contribution in [3.05, 3.63) is 77.9 Å². The van der Waals surface area contributed by atoms with E-state index in [0.717, 1.165) is 11.8 Å². The first-order chi connectivity index (χ1) is 13.3.